The summed E-state index contributed by atoms with van der Waals surface area (Å²) in [6, 6.07) is 5.63. The summed E-state index contributed by atoms with van der Waals surface area (Å²) >= 11 is 6.04. The molecule has 20 heavy (non-hydrogen) atoms. The van der Waals surface area contributed by atoms with Gasteiger partial charge in [-0.15, -0.1) is 12.4 Å². The first kappa shape index (κ1) is 17.3. The zero-order valence-corrected chi connectivity index (χ0v) is 13.5. The number of carbonyl (C=O) groups is 1. The second-order valence-corrected chi connectivity index (χ2v) is 5.87. The number of piperidine rings is 1. The number of hydrogen-bond acceptors (Lipinski definition) is 2. The highest BCUT2D eigenvalue weighted by Gasteiger charge is 2.31. The van der Waals surface area contributed by atoms with Crippen LogP contribution in [0.1, 0.15) is 35.7 Å². The Balaban J connectivity index is 0.00000200. The minimum atomic E-state index is 0. The van der Waals surface area contributed by atoms with E-state index >= 15 is 0 Å². The fourth-order valence-corrected chi connectivity index (χ4v) is 3.18. The molecule has 2 atom stereocenters. The van der Waals surface area contributed by atoms with Crippen molar-refractivity contribution in [2.24, 2.45) is 11.7 Å². The van der Waals surface area contributed by atoms with Gasteiger partial charge in [0.15, 0.2) is 0 Å². The quantitative estimate of drug-likeness (QED) is 0.910. The Morgan fingerprint density at radius 3 is 2.75 bits per heavy atom. The third kappa shape index (κ3) is 3.66. The number of nitrogens with two attached hydrogens (primary N) is 1. The molecule has 2 N–H and O–H groups in total. The summed E-state index contributed by atoms with van der Waals surface area (Å²) in [6.07, 6.45) is 2.18. The molecule has 1 saturated heterocycles. The number of benzene rings is 1. The van der Waals surface area contributed by atoms with Crippen molar-refractivity contribution in [3.05, 3.63) is 34.3 Å². The van der Waals surface area contributed by atoms with Crippen molar-refractivity contribution in [3.8, 4) is 0 Å². The molecule has 0 radical (unpaired) electrons. The maximum atomic E-state index is 12.6. The molecule has 2 rings (SSSR count). The highest BCUT2D eigenvalue weighted by molar-refractivity contribution is 6.31. The van der Waals surface area contributed by atoms with E-state index in [4.69, 9.17) is 17.3 Å². The number of rotatable bonds is 2. The first-order valence-electron chi connectivity index (χ1n) is 6.81. The van der Waals surface area contributed by atoms with Crippen LogP contribution in [-0.4, -0.2) is 29.9 Å². The third-order valence-electron chi connectivity index (χ3n) is 3.91. The lowest BCUT2D eigenvalue weighted by Gasteiger charge is -2.39. The molecular formula is C15H22Cl2N2O. The molecule has 1 aliphatic heterocycles. The van der Waals surface area contributed by atoms with Gasteiger partial charge in [0.05, 0.1) is 0 Å². The molecule has 0 saturated carbocycles. The normalized spacial score (nSPS) is 22.3. The van der Waals surface area contributed by atoms with E-state index in [1.165, 1.54) is 0 Å². The van der Waals surface area contributed by atoms with Gasteiger partial charge >= 0.3 is 0 Å². The second kappa shape index (κ2) is 7.30. The molecule has 0 spiro atoms. The molecule has 1 fully saturated rings. The Bertz CT molecular complexity index is 459. The number of hydrogen-bond donors (Lipinski definition) is 1. The summed E-state index contributed by atoms with van der Waals surface area (Å²) in [5, 5.41) is 0.609. The third-order valence-corrected chi connectivity index (χ3v) is 4.13. The van der Waals surface area contributed by atoms with E-state index in [0.29, 0.717) is 23.0 Å². The lowest BCUT2D eigenvalue weighted by Crippen LogP contribution is -2.51. The second-order valence-electron chi connectivity index (χ2n) is 5.44. The number of amides is 1. The predicted molar refractivity (Wildman–Crippen MR) is 85.7 cm³/mol. The molecular weight excluding hydrogens is 295 g/mol. The number of likely N-dealkylation sites (tertiary alicyclic amines) is 1. The van der Waals surface area contributed by atoms with Crippen LogP contribution in [0.2, 0.25) is 5.02 Å². The minimum absolute atomic E-state index is 0. The van der Waals surface area contributed by atoms with Gasteiger partial charge in [0.2, 0.25) is 0 Å². The Kier molecular flexibility index (Phi) is 6.31. The molecule has 112 valence electrons. The highest BCUT2D eigenvalue weighted by atomic mass is 35.5. The van der Waals surface area contributed by atoms with Gasteiger partial charge in [-0.25, -0.2) is 0 Å². The van der Waals surface area contributed by atoms with Gasteiger partial charge in [0, 0.05) is 29.7 Å². The monoisotopic (exact) mass is 316 g/mol. The average Bonchev–Trinajstić information content (AvgIpc) is 2.36. The van der Waals surface area contributed by atoms with Crippen molar-refractivity contribution in [2.75, 3.05) is 13.1 Å². The van der Waals surface area contributed by atoms with Crippen molar-refractivity contribution in [3.63, 3.8) is 0 Å². The number of nitrogens with zero attached hydrogens (tertiary/aromatic N) is 1. The van der Waals surface area contributed by atoms with Crippen molar-refractivity contribution in [1.82, 2.24) is 4.90 Å². The fourth-order valence-electron chi connectivity index (χ4n) is 2.89. The van der Waals surface area contributed by atoms with Crippen LogP contribution in [0.5, 0.6) is 0 Å². The zero-order chi connectivity index (χ0) is 14.0. The van der Waals surface area contributed by atoms with Crippen molar-refractivity contribution >= 4 is 29.9 Å². The maximum Gasteiger partial charge on any atom is 0.254 e. The Hall–Kier alpha value is -0.770. The van der Waals surface area contributed by atoms with E-state index in [9.17, 15) is 4.79 Å². The van der Waals surface area contributed by atoms with Gasteiger partial charge in [-0.2, -0.15) is 0 Å². The van der Waals surface area contributed by atoms with Crippen molar-refractivity contribution in [2.45, 2.75) is 32.7 Å². The molecule has 0 bridgehead atoms. The van der Waals surface area contributed by atoms with Crippen LogP contribution < -0.4 is 5.73 Å². The largest absolute Gasteiger partial charge is 0.334 e. The Labute approximate surface area is 131 Å². The summed E-state index contributed by atoms with van der Waals surface area (Å²) in [6.45, 7) is 5.42. The van der Waals surface area contributed by atoms with Gasteiger partial charge in [-0.1, -0.05) is 18.5 Å². The molecule has 3 nitrogen and oxygen atoms in total. The smallest absolute Gasteiger partial charge is 0.254 e. The maximum absolute atomic E-state index is 12.6. The molecule has 0 aliphatic carbocycles. The SMILES string of the molecule is Cc1cc(Cl)cc(C(=O)N2CCCC(C)C2CN)c1.Cl. The minimum Gasteiger partial charge on any atom is -0.334 e. The molecule has 5 heteroatoms. The number of halogens is 2. The van der Waals surface area contributed by atoms with Crippen LogP contribution in [0.4, 0.5) is 0 Å². The van der Waals surface area contributed by atoms with E-state index in [-0.39, 0.29) is 24.4 Å². The van der Waals surface area contributed by atoms with Crippen molar-refractivity contribution in [1.29, 1.82) is 0 Å². The highest BCUT2D eigenvalue weighted by Crippen LogP contribution is 2.25. The average molecular weight is 317 g/mol. The van der Waals surface area contributed by atoms with Crippen LogP contribution >= 0.6 is 24.0 Å². The van der Waals surface area contributed by atoms with E-state index in [0.717, 1.165) is 24.9 Å². The summed E-state index contributed by atoms with van der Waals surface area (Å²) in [5.41, 5.74) is 7.51. The fraction of sp³-hybridized carbons (Fsp3) is 0.533. The Morgan fingerprint density at radius 2 is 2.15 bits per heavy atom. The summed E-state index contributed by atoms with van der Waals surface area (Å²) in [4.78, 5) is 14.5. The van der Waals surface area contributed by atoms with E-state index in [2.05, 4.69) is 6.92 Å². The lowest BCUT2D eigenvalue weighted by atomic mass is 9.90. The zero-order valence-electron chi connectivity index (χ0n) is 11.9. The standard InChI is InChI=1S/C15H21ClN2O.ClH/c1-10-6-12(8-13(16)7-10)15(19)18-5-3-4-11(2)14(18)9-17;/h6-8,11,14H,3-5,9,17H2,1-2H3;1H. The van der Waals surface area contributed by atoms with Gasteiger partial charge in [-0.3, -0.25) is 4.79 Å². The van der Waals surface area contributed by atoms with Crippen LogP contribution in [0.3, 0.4) is 0 Å². The van der Waals surface area contributed by atoms with Crippen molar-refractivity contribution < 1.29 is 4.79 Å². The predicted octanol–water partition coefficient (Wildman–Crippen LogP) is 3.27. The number of aryl methyl sites for hydroxylation is 1. The van der Waals surface area contributed by atoms with Crippen LogP contribution in [0.25, 0.3) is 0 Å². The van der Waals surface area contributed by atoms with Gasteiger partial charge in [-0.05, 0) is 49.4 Å². The summed E-state index contributed by atoms with van der Waals surface area (Å²) < 4.78 is 0. The van der Waals surface area contributed by atoms with E-state index < -0.39 is 0 Å². The van der Waals surface area contributed by atoms with Gasteiger partial charge in [0.1, 0.15) is 0 Å². The van der Waals surface area contributed by atoms with Gasteiger partial charge < -0.3 is 10.6 Å². The first-order chi connectivity index (χ1) is 9.02. The van der Waals surface area contributed by atoms with E-state index in [1.807, 2.05) is 24.0 Å². The Morgan fingerprint density at radius 1 is 1.45 bits per heavy atom. The first-order valence-corrected chi connectivity index (χ1v) is 7.19. The summed E-state index contributed by atoms with van der Waals surface area (Å²) in [7, 11) is 0. The molecule has 0 aromatic heterocycles. The molecule has 1 aromatic carbocycles. The summed E-state index contributed by atoms with van der Waals surface area (Å²) in [5.74, 6) is 0.510. The van der Waals surface area contributed by atoms with Crippen LogP contribution in [-0.2, 0) is 0 Å². The number of carbonyl (C=O) groups excluding carboxylic acids is 1. The van der Waals surface area contributed by atoms with Crippen LogP contribution in [0, 0.1) is 12.8 Å². The van der Waals surface area contributed by atoms with Crippen LogP contribution in [0.15, 0.2) is 18.2 Å². The lowest BCUT2D eigenvalue weighted by molar-refractivity contribution is 0.0532. The topological polar surface area (TPSA) is 46.3 Å². The molecule has 2 unspecified atom stereocenters. The molecule has 1 aliphatic rings. The molecule has 1 amide bonds. The molecule has 1 heterocycles. The van der Waals surface area contributed by atoms with Gasteiger partial charge in [0.25, 0.3) is 5.91 Å². The molecule has 1 aromatic rings. The van der Waals surface area contributed by atoms with E-state index in [1.54, 1.807) is 6.07 Å².